The molecular weight excluding hydrogens is 200 g/mol. The molecule has 1 rings (SSSR count). The first-order chi connectivity index (χ1) is 6.95. The lowest BCUT2D eigenvalue weighted by Crippen LogP contribution is -2.25. The van der Waals surface area contributed by atoms with Crippen molar-refractivity contribution in [2.24, 2.45) is 5.73 Å². The van der Waals surface area contributed by atoms with Gasteiger partial charge in [0.05, 0.1) is 0 Å². The zero-order chi connectivity index (χ0) is 11.8. The van der Waals surface area contributed by atoms with Crippen molar-refractivity contribution in [1.82, 2.24) is 20.3 Å². The highest BCUT2D eigenvalue weighted by molar-refractivity contribution is 5.75. The molecule has 0 aliphatic heterocycles. The van der Waals surface area contributed by atoms with E-state index < -0.39 is 0 Å². The van der Waals surface area contributed by atoms with E-state index in [4.69, 9.17) is 27.9 Å². The van der Waals surface area contributed by atoms with Crippen LogP contribution in [0.15, 0.2) is 0 Å². The second kappa shape index (κ2) is 5.75. The van der Waals surface area contributed by atoms with Crippen molar-refractivity contribution < 1.29 is 0 Å². The Balaban J connectivity index is 0.000000288. The third kappa shape index (κ3) is 6.34. The minimum atomic E-state index is -0.322. The zero-order valence-electron chi connectivity index (χ0n) is 7.60. The highest BCUT2D eigenvalue weighted by Crippen LogP contribution is 1.97. The van der Waals surface area contributed by atoms with Crippen molar-refractivity contribution in [2.75, 3.05) is 17.2 Å². The van der Waals surface area contributed by atoms with Crippen LogP contribution in [0.3, 0.4) is 0 Å². The standard InChI is InChI=1S/C3H6N6.C2H4N4/c4-1-7-2(5)9-3(6)8-1;3-1-6-2(4)5/h(H6,4,5,6,7,8,9);(H4,4,5,6). The molecule has 0 amide bonds. The first kappa shape index (κ1) is 12.2. The number of anilines is 3. The molecule has 1 aromatic heterocycles. The molecule has 1 aromatic rings. The predicted octanol–water partition coefficient (Wildman–Crippen LogP) is -2.43. The van der Waals surface area contributed by atoms with E-state index in [-0.39, 0.29) is 23.8 Å². The van der Waals surface area contributed by atoms with Gasteiger partial charge in [-0.15, -0.1) is 0 Å². The van der Waals surface area contributed by atoms with Gasteiger partial charge in [0.2, 0.25) is 17.8 Å². The molecule has 0 fully saturated rings. The Kier molecular flexibility index (Phi) is 4.67. The first-order valence-corrected chi connectivity index (χ1v) is 3.47. The molecule has 0 spiro atoms. The molecule has 0 unspecified atom stereocenters. The van der Waals surface area contributed by atoms with Crippen LogP contribution in [0.4, 0.5) is 17.8 Å². The van der Waals surface area contributed by atoms with Crippen LogP contribution in [0.2, 0.25) is 0 Å². The number of aromatic nitrogens is 3. The fourth-order valence-electron chi connectivity index (χ4n) is 0.487. The Morgan fingerprint density at radius 1 is 1.13 bits per heavy atom. The number of nitrogens with zero attached hydrogens (tertiary/aromatic N) is 4. The third-order valence-electron chi connectivity index (χ3n) is 0.878. The summed E-state index contributed by atoms with van der Waals surface area (Å²) in [6.45, 7) is 0. The number of hydrogen-bond donors (Lipinski definition) is 6. The number of hydrogen-bond acceptors (Lipinski definition) is 8. The third-order valence-corrected chi connectivity index (χ3v) is 0.878. The fourth-order valence-corrected chi connectivity index (χ4v) is 0.487. The van der Waals surface area contributed by atoms with Crippen LogP contribution in [-0.4, -0.2) is 20.9 Å². The van der Waals surface area contributed by atoms with Crippen molar-refractivity contribution in [3.8, 4) is 6.19 Å². The van der Waals surface area contributed by atoms with Crippen LogP contribution in [0.5, 0.6) is 0 Å². The van der Waals surface area contributed by atoms with E-state index in [0.29, 0.717) is 0 Å². The number of nitriles is 1. The molecule has 0 aliphatic carbocycles. The van der Waals surface area contributed by atoms with Crippen molar-refractivity contribution in [2.45, 2.75) is 0 Å². The van der Waals surface area contributed by atoms with Crippen LogP contribution in [-0.2, 0) is 0 Å². The molecule has 0 saturated heterocycles. The number of guanidine groups is 1. The van der Waals surface area contributed by atoms with Gasteiger partial charge in [-0.3, -0.25) is 10.7 Å². The first-order valence-electron chi connectivity index (χ1n) is 3.47. The topological polar surface area (TPSA) is 202 Å². The van der Waals surface area contributed by atoms with Crippen molar-refractivity contribution in [1.29, 1.82) is 10.7 Å². The van der Waals surface area contributed by atoms with Gasteiger partial charge in [-0.25, -0.2) is 0 Å². The molecule has 0 bridgehead atoms. The molecule has 10 nitrogen and oxygen atoms in total. The summed E-state index contributed by atoms with van der Waals surface area (Å²) in [5.74, 6) is -0.197. The summed E-state index contributed by atoms with van der Waals surface area (Å²) in [5, 5.41) is 15.9. The van der Waals surface area contributed by atoms with Crippen LogP contribution >= 0.6 is 0 Å². The summed E-state index contributed by atoms with van der Waals surface area (Å²) in [5.41, 5.74) is 20.1. The molecule has 10 N–H and O–H groups in total. The predicted molar refractivity (Wildman–Crippen MR) is 53.7 cm³/mol. The van der Waals surface area contributed by atoms with Crippen LogP contribution in [0.25, 0.3) is 0 Å². The summed E-state index contributed by atoms with van der Waals surface area (Å²) >= 11 is 0. The molecule has 15 heavy (non-hydrogen) atoms. The molecular formula is C5H10N10. The summed E-state index contributed by atoms with van der Waals surface area (Å²) < 4.78 is 0. The Bertz CT molecular complexity index is 327. The number of nitrogens with one attached hydrogen (secondary N) is 2. The van der Waals surface area contributed by atoms with Crippen LogP contribution < -0.4 is 28.3 Å². The van der Waals surface area contributed by atoms with E-state index in [1.807, 2.05) is 5.32 Å². The highest BCUT2D eigenvalue weighted by Gasteiger charge is 1.93. The molecule has 0 radical (unpaired) electrons. The molecule has 1 heterocycles. The molecule has 0 aliphatic rings. The van der Waals surface area contributed by atoms with Gasteiger partial charge in [0.1, 0.15) is 0 Å². The van der Waals surface area contributed by atoms with Gasteiger partial charge in [0.15, 0.2) is 12.2 Å². The van der Waals surface area contributed by atoms with E-state index in [2.05, 4.69) is 20.7 Å². The lowest BCUT2D eigenvalue weighted by molar-refractivity contribution is 1.09. The van der Waals surface area contributed by atoms with Gasteiger partial charge in [-0.1, -0.05) is 0 Å². The highest BCUT2D eigenvalue weighted by atomic mass is 15.2. The minimum Gasteiger partial charge on any atom is -0.369 e. The quantitative estimate of drug-likeness (QED) is 0.116. The minimum absolute atomic E-state index is 0.0417. The van der Waals surface area contributed by atoms with Crippen LogP contribution in [0.1, 0.15) is 0 Å². The normalized spacial score (nSPS) is 7.93. The van der Waals surface area contributed by atoms with Gasteiger partial charge in [0.25, 0.3) is 0 Å². The van der Waals surface area contributed by atoms with E-state index in [1.54, 1.807) is 0 Å². The number of nitrogens with two attached hydrogens (primary N) is 4. The van der Waals surface area contributed by atoms with E-state index in [1.165, 1.54) is 6.19 Å². The lowest BCUT2D eigenvalue weighted by atomic mass is 10.9. The Morgan fingerprint density at radius 2 is 1.47 bits per heavy atom. The molecule has 0 saturated carbocycles. The van der Waals surface area contributed by atoms with Gasteiger partial charge in [-0.2, -0.15) is 20.2 Å². The van der Waals surface area contributed by atoms with E-state index in [9.17, 15) is 0 Å². The van der Waals surface area contributed by atoms with Crippen LogP contribution in [0, 0.1) is 16.9 Å². The summed E-state index contributed by atoms with van der Waals surface area (Å²) in [6, 6.07) is 0. The number of nitrogen functional groups attached to an aromatic ring is 3. The maximum Gasteiger partial charge on any atom is 0.226 e. The lowest BCUT2D eigenvalue weighted by Gasteiger charge is -1.93. The SMILES string of the molecule is N#CNC(=N)N.Nc1nc(N)nc(N)n1. The maximum absolute atomic E-state index is 7.65. The molecule has 80 valence electrons. The summed E-state index contributed by atoms with van der Waals surface area (Å²) in [4.78, 5) is 10.5. The largest absolute Gasteiger partial charge is 0.369 e. The van der Waals surface area contributed by atoms with E-state index >= 15 is 0 Å². The van der Waals surface area contributed by atoms with Crippen molar-refractivity contribution in [3.63, 3.8) is 0 Å². The smallest absolute Gasteiger partial charge is 0.226 e. The monoisotopic (exact) mass is 210 g/mol. The average molecular weight is 210 g/mol. The zero-order valence-corrected chi connectivity index (χ0v) is 7.60. The Hall–Kier alpha value is -2.83. The van der Waals surface area contributed by atoms with Gasteiger partial charge < -0.3 is 22.9 Å². The average Bonchev–Trinajstić information content (AvgIpc) is 2.00. The second-order valence-electron chi connectivity index (χ2n) is 2.06. The van der Waals surface area contributed by atoms with Gasteiger partial charge >= 0.3 is 0 Å². The van der Waals surface area contributed by atoms with Crippen molar-refractivity contribution in [3.05, 3.63) is 0 Å². The number of rotatable bonds is 0. The second-order valence-corrected chi connectivity index (χ2v) is 2.06. The fraction of sp³-hybridized carbons (Fsp3) is 0. The Labute approximate surface area is 84.8 Å². The maximum atomic E-state index is 7.65. The molecule has 0 atom stereocenters. The van der Waals surface area contributed by atoms with Gasteiger partial charge in [0, 0.05) is 0 Å². The molecule has 10 heteroatoms. The summed E-state index contributed by atoms with van der Waals surface area (Å²) in [6.07, 6.45) is 1.47. The summed E-state index contributed by atoms with van der Waals surface area (Å²) in [7, 11) is 0. The van der Waals surface area contributed by atoms with Gasteiger partial charge in [-0.05, 0) is 0 Å². The van der Waals surface area contributed by atoms with E-state index in [0.717, 1.165) is 0 Å². The molecule has 0 aromatic carbocycles. The van der Waals surface area contributed by atoms with Crippen molar-refractivity contribution >= 4 is 23.8 Å². The Morgan fingerprint density at radius 3 is 1.60 bits per heavy atom.